The van der Waals surface area contributed by atoms with E-state index in [2.05, 4.69) is 0 Å². The molecule has 0 unspecified atom stereocenters. The van der Waals surface area contributed by atoms with Crippen LogP contribution in [0.3, 0.4) is 0 Å². The fourth-order valence-electron chi connectivity index (χ4n) is 1.02. The van der Waals surface area contributed by atoms with Crippen LogP contribution >= 0.6 is 0 Å². The second-order valence-corrected chi connectivity index (χ2v) is 2.88. The molecule has 0 atom stereocenters. The molecular formula is C10H10O3. The first-order valence-electron chi connectivity index (χ1n) is 3.86. The van der Waals surface area contributed by atoms with Gasteiger partial charge in [-0.05, 0) is 32.0 Å². The van der Waals surface area contributed by atoms with E-state index in [-0.39, 0.29) is 17.3 Å². The van der Waals surface area contributed by atoms with Gasteiger partial charge < -0.3 is 5.11 Å². The van der Waals surface area contributed by atoms with Gasteiger partial charge in [0.25, 0.3) is 0 Å². The Balaban J connectivity index is 3.26. The average Bonchev–Trinajstić information content (AvgIpc) is 2.03. The van der Waals surface area contributed by atoms with Gasteiger partial charge in [-0.3, -0.25) is 9.59 Å². The molecule has 0 aliphatic heterocycles. The minimum atomic E-state index is -0.168. The molecule has 0 bridgehead atoms. The van der Waals surface area contributed by atoms with Crippen LogP contribution in [0.2, 0.25) is 0 Å². The Hall–Kier alpha value is -1.64. The maximum Gasteiger partial charge on any atom is 0.159 e. The molecule has 1 rings (SSSR count). The van der Waals surface area contributed by atoms with Gasteiger partial charge in [0.2, 0.25) is 0 Å². The topological polar surface area (TPSA) is 54.4 Å². The Morgan fingerprint density at radius 2 is 1.38 bits per heavy atom. The number of phenolic OH excluding ortho intramolecular Hbond substituents is 1. The predicted molar refractivity (Wildman–Crippen MR) is 48.1 cm³/mol. The number of benzene rings is 1. The summed E-state index contributed by atoms with van der Waals surface area (Å²) in [6, 6.07) is 4.16. The number of rotatable bonds is 2. The van der Waals surface area contributed by atoms with Gasteiger partial charge in [-0.1, -0.05) is 0 Å². The second-order valence-electron chi connectivity index (χ2n) is 2.88. The summed E-state index contributed by atoms with van der Waals surface area (Å²) in [5, 5.41) is 9.19. The van der Waals surface area contributed by atoms with Crippen molar-refractivity contribution in [1.29, 1.82) is 0 Å². The van der Waals surface area contributed by atoms with Crippen molar-refractivity contribution in [1.82, 2.24) is 0 Å². The number of carbonyl (C=O) groups is 2. The Morgan fingerprint density at radius 3 is 1.69 bits per heavy atom. The van der Waals surface area contributed by atoms with Crippen LogP contribution < -0.4 is 0 Å². The van der Waals surface area contributed by atoms with E-state index in [1.54, 1.807) is 0 Å². The van der Waals surface area contributed by atoms with Crippen LogP contribution in [0.4, 0.5) is 0 Å². The van der Waals surface area contributed by atoms with Crippen molar-refractivity contribution in [3.05, 3.63) is 29.3 Å². The molecule has 13 heavy (non-hydrogen) atoms. The lowest BCUT2D eigenvalue weighted by Crippen LogP contribution is -1.97. The highest BCUT2D eigenvalue weighted by Crippen LogP contribution is 2.16. The highest BCUT2D eigenvalue weighted by atomic mass is 16.3. The number of Topliss-reactive ketones (excluding diaryl/α,β-unsaturated/α-hetero) is 2. The molecule has 1 aromatic rings. The monoisotopic (exact) mass is 178 g/mol. The summed E-state index contributed by atoms with van der Waals surface area (Å²) in [4.78, 5) is 21.9. The van der Waals surface area contributed by atoms with Gasteiger partial charge in [-0.25, -0.2) is 0 Å². The lowest BCUT2D eigenvalue weighted by Gasteiger charge is -2.00. The lowest BCUT2D eigenvalue weighted by molar-refractivity contribution is 0.101. The zero-order chi connectivity index (χ0) is 10.0. The molecule has 0 aromatic heterocycles. The quantitative estimate of drug-likeness (QED) is 0.702. The molecule has 0 aliphatic rings. The van der Waals surface area contributed by atoms with Crippen molar-refractivity contribution in [2.45, 2.75) is 13.8 Å². The van der Waals surface area contributed by atoms with Crippen LogP contribution in [-0.2, 0) is 0 Å². The van der Waals surface area contributed by atoms with Gasteiger partial charge in [0.15, 0.2) is 11.6 Å². The van der Waals surface area contributed by atoms with E-state index in [9.17, 15) is 14.7 Å². The first-order valence-corrected chi connectivity index (χ1v) is 3.86. The number of aromatic hydroxyl groups is 1. The Morgan fingerprint density at radius 1 is 1.00 bits per heavy atom. The van der Waals surface area contributed by atoms with Gasteiger partial charge in [0, 0.05) is 11.1 Å². The van der Waals surface area contributed by atoms with Crippen LogP contribution in [0.15, 0.2) is 18.2 Å². The van der Waals surface area contributed by atoms with E-state index in [0.717, 1.165) is 0 Å². The van der Waals surface area contributed by atoms with Gasteiger partial charge in [-0.2, -0.15) is 0 Å². The Kier molecular flexibility index (Phi) is 2.46. The smallest absolute Gasteiger partial charge is 0.159 e. The molecule has 0 aliphatic carbocycles. The summed E-state index contributed by atoms with van der Waals surface area (Å²) in [5.41, 5.74) is 0.704. The fourth-order valence-corrected chi connectivity index (χ4v) is 1.02. The Bertz CT molecular complexity index is 334. The molecule has 3 heteroatoms. The normalized spacial score (nSPS) is 9.69. The predicted octanol–water partition coefficient (Wildman–Crippen LogP) is 1.80. The van der Waals surface area contributed by atoms with Crippen LogP contribution in [0.25, 0.3) is 0 Å². The van der Waals surface area contributed by atoms with Crippen molar-refractivity contribution in [2.75, 3.05) is 0 Å². The van der Waals surface area contributed by atoms with Crippen LogP contribution in [-0.4, -0.2) is 16.7 Å². The second kappa shape index (κ2) is 3.39. The van der Waals surface area contributed by atoms with E-state index >= 15 is 0 Å². The first-order chi connectivity index (χ1) is 6.00. The van der Waals surface area contributed by atoms with Gasteiger partial charge in [-0.15, -0.1) is 0 Å². The minimum Gasteiger partial charge on any atom is -0.508 e. The maximum atomic E-state index is 11.0. The van der Waals surface area contributed by atoms with Crippen molar-refractivity contribution in [2.24, 2.45) is 0 Å². The summed E-state index contributed by atoms with van der Waals surface area (Å²) in [6.07, 6.45) is 0. The summed E-state index contributed by atoms with van der Waals surface area (Å²) in [7, 11) is 0. The van der Waals surface area contributed by atoms with Crippen LogP contribution in [0, 0.1) is 0 Å². The Labute approximate surface area is 76.0 Å². The summed E-state index contributed by atoms with van der Waals surface area (Å²) < 4.78 is 0. The molecule has 3 nitrogen and oxygen atoms in total. The number of hydrogen-bond acceptors (Lipinski definition) is 3. The summed E-state index contributed by atoms with van der Waals surface area (Å²) in [5.74, 6) is -0.394. The van der Waals surface area contributed by atoms with E-state index < -0.39 is 0 Å². The zero-order valence-corrected chi connectivity index (χ0v) is 7.50. The minimum absolute atomic E-state index is 0.0575. The van der Waals surface area contributed by atoms with Gasteiger partial charge in [0.1, 0.15) is 5.75 Å². The maximum absolute atomic E-state index is 11.0. The standard InChI is InChI=1S/C10H10O3/c1-6(11)8-3-9(7(2)12)5-10(13)4-8/h3-5,13H,1-2H3. The molecule has 0 fully saturated rings. The molecule has 0 spiro atoms. The van der Waals surface area contributed by atoms with Crippen molar-refractivity contribution >= 4 is 11.6 Å². The van der Waals surface area contributed by atoms with E-state index in [1.807, 2.05) is 0 Å². The number of hydrogen-bond donors (Lipinski definition) is 1. The zero-order valence-electron chi connectivity index (χ0n) is 7.50. The third-order valence-electron chi connectivity index (χ3n) is 1.73. The molecule has 0 saturated carbocycles. The lowest BCUT2D eigenvalue weighted by atomic mass is 10.1. The molecule has 0 saturated heterocycles. The molecular weight excluding hydrogens is 168 g/mol. The number of ketones is 2. The van der Waals surface area contributed by atoms with E-state index in [0.29, 0.717) is 11.1 Å². The summed E-state index contributed by atoms with van der Waals surface area (Å²) in [6.45, 7) is 2.78. The van der Waals surface area contributed by atoms with E-state index in [4.69, 9.17) is 0 Å². The van der Waals surface area contributed by atoms with Gasteiger partial charge >= 0.3 is 0 Å². The molecule has 0 heterocycles. The SMILES string of the molecule is CC(=O)c1cc(O)cc(C(C)=O)c1. The molecule has 0 amide bonds. The largest absolute Gasteiger partial charge is 0.508 e. The summed E-state index contributed by atoms with van der Waals surface area (Å²) >= 11 is 0. The van der Waals surface area contributed by atoms with Gasteiger partial charge in [0.05, 0.1) is 0 Å². The average molecular weight is 178 g/mol. The van der Waals surface area contributed by atoms with Crippen LogP contribution in [0.1, 0.15) is 34.6 Å². The third kappa shape index (κ3) is 2.15. The van der Waals surface area contributed by atoms with Crippen LogP contribution in [0.5, 0.6) is 5.75 Å². The highest BCUT2D eigenvalue weighted by Gasteiger charge is 2.06. The molecule has 1 N–H and O–H groups in total. The van der Waals surface area contributed by atoms with Crippen molar-refractivity contribution < 1.29 is 14.7 Å². The van der Waals surface area contributed by atoms with E-state index in [1.165, 1.54) is 32.0 Å². The molecule has 1 aromatic carbocycles. The molecule has 68 valence electrons. The van der Waals surface area contributed by atoms with Crippen molar-refractivity contribution in [3.8, 4) is 5.75 Å². The van der Waals surface area contributed by atoms with Crippen molar-refractivity contribution in [3.63, 3.8) is 0 Å². The number of carbonyl (C=O) groups excluding carboxylic acids is 2. The molecule has 0 radical (unpaired) electrons. The first kappa shape index (κ1) is 9.45. The fraction of sp³-hybridized carbons (Fsp3) is 0.200. The highest BCUT2D eigenvalue weighted by molar-refractivity contribution is 6.00. The third-order valence-corrected chi connectivity index (χ3v) is 1.73. The number of phenols is 1.